The molecule has 0 aliphatic rings. The van der Waals surface area contributed by atoms with Crippen molar-refractivity contribution in [3.8, 4) is 11.4 Å². The number of nitrogens with zero attached hydrogens (tertiary/aromatic N) is 4. The molecule has 2 rings (SSSR count). The molecule has 1 heterocycles. The highest BCUT2D eigenvalue weighted by molar-refractivity contribution is 5.71. The van der Waals surface area contributed by atoms with Crippen LogP contribution >= 0.6 is 0 Å². The maximum absolute atomic E-state index is 13.2. The first-order valence-electron chi connectivity index (χ1n) is 5.46. The van der Waals surface area contributed by atoms with Gasteiger partial charge in [0.05, 0.1) is 12.6 Å². The van der Waals surface area contributed by atoms with Crippen molar-refractivity contribution < 1.29 is 9.13 Å². The molecule has 0 fully saturated rings. The Balaban J connectivity index is 2.39. The van der Waals surface area contributed by atoms with E-state index in [4.69, 9.17) is 10.5 Å². The van der Waals surface area contributed by atoms with Gasteiger partial charge in [-0.05, 0) is 35.5 Å². The molecule has 0 saturated heterocycles. The van der Waals surface area contributed by atoms with Gasteiger partial charge in [0, 0.05) is 18.4 Å². The largest absolute Gasteiger partial charge is 0.398 e. The number of tetrazole rings is 1. The number of methoxy groups -OCH3 is 1. The van der Waals surface area contributed by atoms with Crippen molar-refractivity contribution in [3.63, 3.8) is 0 Å². The van der Waals surface area contributed by atoms with Crippen molar-refractivity contribution in [2.45, 2.75) is 19.6 Å². The first-order valence-corrected chi connectivity index (χ1v) is 5.46. The van der Waals surface area contributed by atoms with Crippen molar-refractivity contribution in [2.24, 2.45) is 0 Å². The predicted molar refractivity (Wildman–Crippen MR) is 64.1 cm³/mol. The van der Waals surface area contributed by atoms with E-state index in [1.165, 1.54) is 18.2 Å². The Morgan fingerprint density at radius 3 is 3.00 bits per heavy atom. The Kier molecular flexibility index (Phi) is 3.52. The molecule has 0 amide bonds. The molecule has 96 valence electrons. The van der Waals surface area contributed by atoms with E-state index in [0.29, 0.717) is 23.6 Å². The molecule has 1 aromatic heterocycles. The molecule has 7 heteroatoms. The number of rotatable bonds is 4. The van der Waals surface area contributed by atoms with E-state index in [2.05, 4.69) is 15.5 Å². The summed E-state index contributed by atoms with van der Waals surface area (Å²) in [6.45, 7) is 2.36. The summed E-state index contributed by atoms with van der Waals surface area (Å²) in [7, 11) is 1.60. The van der Waals surface area contributed by atoms with Crippen molar-refractivity contribution in [3.05, 3.63) is 24.0 Å². The zero-order valence-electron chi connectivity index (χ0n) is 10.2. The van der Waals surface area contributed by atoms with Gasteiger partial charge in [-0.1, -0.05) is 0 Å². The second kappa shape index (κ2) is 5.09. The molecular weight excluding hydrogens is 237 g/mol. The summed E-state index contributed by atoms with van der Waals surface area (Å²) in [5.74, 6) is 0.0458. The fraction of sp³-hybridized carbons (Fsp3) is 0.364. The van der Waals surface area contributed by atoms with Crippen molar-refractivity contribution in [1.82, 2.24) is 20.2 Å². The first-order chi connectivity index (χ1) is 8.61. The number of ether oxygens (including phenoxy) is 1. The quantitative estimate of drug-likeness (QED) is 0.823. The minimum atomic E-state index is -0.381. The Morgan fingerprint density at radius 1 is 1.50 bits per heavy atom. The zero-order valence-corrected chi connectivity index (χ0v) is 10.2. The SMILES string of the molecule is COC(C)Cn1nnnc1-c1cc(F)ccc1N. The third kappa shape index (κ3) is 2.45. The fourth-order valence-electron chi connectivity index (χ4n) is 1.56. The second-order valence-electron chi connectivity index (χ2n) is 3.96. The second-order valence-corrected chi connectivity index (χ2v) is 3.96. The van der Waals surface area contributed by atoms with Gasteiger partial charge < -0.3 is 10.5 Å². The van der Waals surface area contributed by atoms with Gasteiger partial charge in [0.25, 0.3) is 0 Å². The van der Waals surface area contributed by atoms with Crippen LogP contribution < -0.4 is 5.73 Å². The summed E-state index contributed by atoms with van der Waals surface area (Å²) in [6.07, 6.45) is -0.0537. The van der Waals surface area contributed by atoms with E-state index in [9.17, 15) is 4.39 Å². The lowest BCUT2D eigenvalue weighted by molar-refractivity contribution is 0.0997. The molecule has 0 spiro atoms. The first kappa shape index (κ1) is 12.4. The van der Waals surface area contributed by atoms with Crippen LogP contribution in [0.5, 0.6) is 0 Å². The van der Waals surface area contributed by atoms with Gasteiger partial charge in [-0.3, -0.25) is 0 Å². The standard InChI is InChI=1S/C11H14FN5O/c1-7(18-2)6-17-11(14-15-16-17)9-5-8(12)3-4-10(9)13/h3-5,7H,6,13H2,1-2H3. The number of benzene rings is 1. The number of hydrogen-bond donors (Lipinski definition) is 1. The monoisotopic (exact) mass is 251 g/mol. The van der Waals surface area contributed by atoms with Crippen LogP contribution in [0.15, 0.2) is 18.2 Å². The average molecular weight is 251 g/mol. The molecule has 0 saturated carbocycles. The lowest BCUT2D eigenvalue weighted by atomic mass is 10.1. The zero-order chi connectivity index (χ0) is 13.1. The molecule has 1 unspecified atom stereocenters. The van der Waals surface area contributed by atoms with Crippen LogP contribution in [0, 0.1) is 5.82 Å². The van der Waals surface area contributed by atoms with Crippen LogP contribution in [0.2, 0.25) is 0 Å². The third-order valence-corrected chi connectivity index (χ3v) is 2.62. The molecular formula is C11H14FN5O. The molecule has 2 aromatic rings. The van der Waals surface area contributed by atoms with Crippen LogP contribution in [-0.2, 0) is 11.3 Å². The van der Waals surface area contributed by atoms with Gasteiger partial charge in [0.1, 0.15) is 5.82 Å². The average Bonchev–Trinajstić information content (AvgIpc) is 2.80. The van der Waals surface area contributed by atoms with E-state index in [0.717, 1.165) is 0 Å². The van der Waals surface area contributed by atoms with E-state index in [-0.39, 0.29) is 11.9 Å². The van der Waals surface area contributed by atoms with E-state index < -0.39 is 0 Å². The summed E-state index contributed by atoms with van der Waals surface area (Å²) in [4.78, 5) is 0. The molecule has 0 aliphatic carbocycles. The molecule has 6 nitrogen and oxygen atoms in total. The van der Waals surface area contributed by atoms with E-state index in [1.54, 1.807) is 11.8 Å². The van der Waals surface area contributed by atoms with E-state index in [1.807, 2.05) is 6.92 Å². The Bertz CT molecular complexity index is 542. The Hall–Kier alpha value is -2.02. The highest BCUT2D eigenvalue weighted by atomic mass is 19.1. The summed E-state index contributed by atoms with van der Waals surface area (Å²) in [5.41, 5.74) is 6.71. The molecule has 18 heavy (non-hydrogen) atoms. The van der Waals surface area contributed by atoms with Gasteiger partial charge in [-0.2, -0.15) is 0 Å². The highest BCUT2D eigenvalue weighted by Crippen LogP contribution is 2.24. The lowest BCUT2D eigenvalue weighted by Gasteiger charge is -2.11. The van der Waals surface area contributed by atoms with Gasteiger partial charge in [0.2, 0.25) is 0 Å². The number of nitrogen functional groups attached to an aromatic ring is 1. The number of aromatic nitrogens is 4. The smallest absolute Gasteiger partial charge is 0.184 e. The van der Waals surface area contributed by atoms with E-state index >= 15 is 0 Å². The minimum absolute atomic E-state index is 0.0537. The van der Waals surface area contributed by atoms with Crippen molar-refractivity contribution >= 4 is 5.69 Å². The lowest BCUT2D eigenvalue weighted by Crippen LogP contribution is -2.17. The van der Waals surface area contributed by atoms with Crippen LogP contribution in [0.4, 0.5) is 10.1 Å². The van der Waals surface area contributed by atoms with Gasteiger partial charge >= 0.3 is 0 Å². The fourth-order valence-corrected chi connectivity index (χ4v) is 1.56. The molecule has 0 radical (unpaired) electrons. The molecule has 1 aromatic carbocycles. The maximum atomic E-state index is 13.2. The summed E-state index contributed by atoms with van der Waals surface area (Å²) >= 11 is 0. The van der Waals surface area contributed by atoms with Crippen LogP contribution in [0.1, 0.15) is 6.92 Å². The van der Waals surface area contributed by atoms with Gasteiger partial charge in [-0.15, -0.1) is 5.10 Å². The number of nitrogens with two attached hydrogens (primary N) is 1. The minimum Gasteiger partial charge on any atom is -0.398 e. The number of hydrogen-bond acceptors (Lipinski definition) is 5. The maximum Gasteiger partial charge on any atom is 0.184 e. The van der Waals surface area contributed by atoms with Crippen LogP contribution in [0.25, 0.3) is 11.4 Å². The summed E-state index contributed by atoms with van der Waals surface area (Å²) in [5, 5.41) is 11.3. The van der Waals surface area contributed by atoms with Gasteiger partial charge in [0.15, 0.2) is 5.82 Å². The van der Waals surface area contributed by atoms with Gasteiger partial charge in [-0.25, -0.2) is 9.07 Å². The summed E-state index contributed by atoms with van der Waals surface area (Å²) in [6, 6.07) is 4.10. The molecule has 2 N–H and O–H groups in total. The van der Waals surface area contributed by atoms with Crippen molar-refractivity contribution in [1.29, 1.82) is 0 Å². The molecule has 1 atom stereocenters. The van der Waals surface area contributed by atoms with Crippen molar-refractivity contribution in [2.75, 3.05) is 12.8 Å². The number of anilines is 1. The Morgan fingerprint density at radius 2 is 2.28 bits per heavy atom. The van der Waals surface area contributed by atoms with Crippen LogP contribution in [-0.4, -0.2) is 33.4 Å². The summed E-state index contributed by atoms with van der Waals surface area (Å²) < 4.78 is 19.9. The third-order valence-electron chi connectivity index (χ3n) is 2.62. The molecule has 0 aliphatic heterocycles. The number of halogens is 1. The molecule has 0 bridgehead atoms. The topological polar surface area (TPSA) is 78.8 Å². The van der Waals surface area contributed by atoms with Crippen LogP contribution in [0.3, 0.4) is 0 Å². The normalized spacial score (nSPS) is 12.6. The Labute approximate surface area is 104 Å². The predicted octanol–water partition coefficient (Wildman–Crippen LogP) is 1.10. The highest BCUT2D eigenvalue weighted by Gasteiger charge is 2.14.